The molecule has 0 bridgehead atoms. The molecule has 1 atom stereocenters. The van der Waals surface area contributed by atoms with Crippen LogP contribution in [0.4, 0.5) is 0 Å². The summed E-state index contributed by atoms with van der Waals surface area (Å²) in [6.45, 7) is 9.72. The molecule has 1 aliphatic heterocycles. The highest BCUT2D eigenvalue weighted by molar-refractivity contribution is 5.92. The number of aromatic amines is 2. The molecule has 0 unspecified atom stereocenters. The smallest absolute Gasteiger partial charge is 0.274 e. The summed E-state index contributed by atoms with van der Waals surface area (Å²) in [5.74, 6) is 0.686. The fraction of sp³-hybridized carbons (Fsp3) is 0.562. The topological polar surface area (TPSA) is 86.9 Å². The van der Waals surface area contributed by atoms with Crippen molar-refractivity contribution in [1.82, 2.24) is 25.1 Å². The van der Waals surface area contributed by atoms with Crippen LogP contribution in [-0.2, 0) is 10.2 Å². The van der Waals surface area contributed by atoms with Crippen molar-refractivity contribution in [3.63, 3.8) is 0 Å². The molecule has 23 heavy (non-hydrogen) atoms. The average molecular weight is 317 g/mol. The molecule has 0 radical (unpaired) electrons. The van der Waals surface area contributed by atoms with Gasteiger partial charge < -0.3 is 14.6 Å². The van der Waals surface area contributed by atoms with Crippen LogP contribution in [0.25, 0.3) is 0 Å². The SMILES string of the molecule is Cc1cnc([C@@H]2CN(C(=O)c3cc(C(C)(C)C)[nH]n3)CCO2)[nH]1. The number of aryl methyl sites for hydroxylation is 1. The van der Waals surface area contributed by atoms with Crippen molar-refractivity contribution >= 4 is 5.91 Å². The number of nitrogens with one attached hydrogen (secondary N) is 2. The first kappa shape index (κ1) is 15.7. The van der Waals surface area contributed by atoms with Crippen LogP contribution in [0.15, 0.2) is 12.3 Å². The van der Waals surface area contributed by atoms with Crippen molar-refractivity contribution < 1.29 is 9.53 Å². The van der Waals surface area contributed by atoms with E-state index in [4.69, 9.17) is 4.74 Å². The number of carbonyl (C=O) groups is 1. The molecule has 2 aromatic rings. The van der Waals surface area contributed by atoms with E-state index < -0.39 is 0 Å². The van der Waals surface area contributed by atoms with E-state index in [1.165, 1.54) is 0 Å². The van der Waals surface area contributed by atoms with Gasteiger partial charge in [-0.25, -0.2) is 4.98 Å². The number of hydrogen-bond donors (Lipinski definition) is 2. The van der Waals surface area contributed by atoms with E-state index in [9.17, 15) is 4.79 Å². The summed E-state index contributed by atoms with van der Waals surface area (Å²) < 4.78 is 5.74. The molecule has 0 aromatic carbocycles. The summed E-state index contributed by atoms with van der Waals surface area (Å²) in [6, 6.07) is 1.84. The zero-order valence-corrected chi connectivity index (χ0v) is 14.0. The highest BCUT2D eigenvalue weighted by Gasteiger charge is 2.29. The molecular formula is C16H23N5O2. The molecule has 7 heteroatoms. The zero-order valence-electron chi connectivity index (χ0n) is 14.0. The third-order valence-corrected chi connectivity index (χ3v) is 3.99. The lowest BCUT2D eigenvalue weighted by atomic mass is 9.92. The largest absolute Gasteiger partial charge is 0.367 e. The van der Waals surface area contributed by atoms with Crippen molar-refractivity contribution in [3.05, 3.63) is 35.2 Å². The van der Waals surface area contributed by atoms with Crippen LogP contribution in [0.3, 0.4) is 0 Å². The van der Waals surface area contributed by atoms with Crippen molar-refractivity contribution in [2.24, 2.45) is 0 Å². The minimum atomic E-state index is -0.220. The highest BCUT2D eigenvalue weighted by atomic mass is 16.5. The normalized spacial score (nSPS) is 19.1. The number of ether oxygens (including phenoxy) is 1. The van der Waals surface area contributed by atoms with E-state index >= 15 is 0 Å². The van der Waals surface area contributed by atoms with Crippen molar-refractivity contribution in [2.75, 3.05) is 19.7 Å². The van der Waals surface area contributed by atoms with Gasteiger partial charge in [0.25, 0.3) is 5.91 Å². The Bertz CT molecular complexity index is 697. The van der Waals surface area contributed by atoms with Gasteiger partial charge in [-0.15, -0.1) is 0 Å². The van der Waals surface area contributed by atoms with Crippen molar-refractivity contribution in [2.45, 2.75) is 39.2 Å². The Morgan fingerprint density at radius 3 is 2.83 bits per heavy atom. The molecule has 0 spiro atoms. The van der Waals surface area contributed by atoms with Gasteiger partial charge in [-0.3, -0.25) is 9.89 Å². The third-order valence-electron chi connectivity index (χ3n) is 3.99. The molecule has 1 amide bonds. The number of H-pyrrole nitrogens is 2. The molecular weight excluding hydrogens is 294 g/mol. The van der Waals surface area contributed by atoms with Gasteiger partial charge in [0.1, 0.15) is 17.6 Å². The van der Waals surface area contributed by atoms with Gasteiger partial charge in [0, 0.05) is 29.5 Å². The highest BCUT2D eigenvalue weighted by Crippen LogP contribution is 2.23. The molecule has 1 saturated heterocycles. The standard InChI is InChI=1S/C16H23N5O2/c1-10-8-17-14(18-10)12-9-21(5-6-23-12)15(22)11-7-13(20-19-11)16(2,3)4/h7-8,12H,5-6,9H2,1-4H3,(H,17,18)(H,19,20)/t12-/m0/s1. The maximum atomic E-state index is 12.7. The van der Waals surface area contributed by atoms with Gasteiger partial charge in [-0.05, 0) is 13.0 Å². The fourth-order valence-corrected chi connectivity index (χ4v) is 2.57. The Morgan fingerprint density at radius 1 is 1.43 bits per heavy atom. The molecule has 7 nitrogen and oxygen atoms in total. The van der Waals surface area contributed by atoms with Gasteiger partial charge in [-0.1, -0.05) is 20.8 Å². The van der Waals surface area contributed by atoms with E-state index in [1.54, 1.807) is 11.1 Å². The number of hydrogen-bond acceptors (Lipinski definition) is 4. The van der Waals surface area contributed by atoms with Gasteiger partial charge in [0.15, 0.2) is 0 Å². The maximum absolute atomic E-state index is 12.7. The Labute approximate surface area is 135 Å². The van der Waals surface area contributed by atoms with Gasteiger partial charge >= 0.3 is 0 Å². The lowest BCUT2D eigenvalue weighted by Gasteiger charge is -2.31. The van der Waals surface area contributed by atoms with Crippen LogP contribution in [0.5, 0.6) is 0 Å². The predicted molar refractivity (Wildman–Crippen MR) is 85.2 cm³/mol. The fourth-order valence-electron chi connectivity index (χ4n) is 2.57. The number of imidazole rings is 1. The van der Waals surface area contributed by atoms with Crippen molar-refractivity contribution in [1.29, 1.82) is 0 Å². The summed E-state index contributed by atoms with van der Waals surface area (Å²) in [4.78, 5) is 21.9. The van der Waals surface area contributed by atoms with Crippen LogP contribution in [-0.4, -0.2) is 50.7 Å². The number of nitrogens with zero attached hydrogens (tertiary/aromatic N) is 3. The van der Waals surface area contributed by atoms with Crippen LogP contribution in [0.2, 0.25) is 0 Å². The van der Waals surface area contributed by atoms with Crippen LogP contribution in [0, 0.1) is 6.92 Å². The summed E-state index contributed by atoms with van der Waals surface area (Å²) in [5.41, 5.74) is 2.32. The first-order valence-electron chi connectivity index (χ1n) is 7.83. The van der Waals surface area contributed by atoms with Crippen molar-refractivity contribution in [3.8, 4) is 0 Å². The Morgan fingerprint density at radius 2 is 2.22 bits per heavy atom. The number of amides is 1. The molecule has 1 aliphatic rings. The molecule has 0 aliphatic carbocycles. The Kier molecular flexibility index (Phi) is 3.97. The second-order valence-electron chi connectivity index (χ2n) is 6.98. The van der Waals surface area contributed by atoms with Gasteiger partial charge in [0.2, 0.25) is 0 Å². The number of rotatable bonds is 2. The summed E-state index contributed by atoms with van der Waals surface area (Å²) >= 11 is 0. The lowest BCUT2D eigenvalue weighted by Crippen LogP contribution is -2.42. The quantitative estimate of drug-likeness (QED) is 0.886. The van der Waals surface area contributed by atoms with E-state index in [2.05, 4.69) is 40.9 Å². The number of carbonyl (C=O) groups excluding carboxylic acids is 1. The Hall–Kier alpha value is -2.15. The van der Waals surface area contributed by atoms with Crippen LogP contribution in [0.1, 0.15) is 54.6 Å². The molecule has 3 rings (SSSR count). The molecule has 3 heterocycles. The predicted octanol–water partition coefficient (Wildman–Crippen LogP) is 1.95. The minimum Gasteiger partial charge on any atom is -0.367 e. The van der Waals surface area contributed by atoms with E-state index in [0.717, 1.165) is 17.2 Å². The first-order chi connectivity index (χ1) is 10.8. The van der Waals surface area contributed by atoms with Crippen LogP contribution < -0.4 is 0 Å². The second-order valence-corrected chi connectivity index (χ2v) is 6.98. The molecule has 124 valence electrons. The summed E-state index contributed by atoms with van der Waals surface area (Å²) in [7, 11) is 0. The molecule has 2 aromatic heterocycles. The number of morpholine rings is 1. The first-order valence-corrected chi connectivity index (χ1v) is 7.83. The van der Waals surface area contributed by atoms with E-state index in [0.29, 0.717) is 25.4 Å². The van der Waals surface area contributed by atoms with E-state index in [-0.39, 0.29) is 17.4 Å². The molecule has 0 saturated carbocycles. The maximum Gasteiger partial charge on any atom is 0.274 e. The zero-order chi connectivity index (χ0) is 16.6. The lowest BCUT2D eigenvalue weighted by molar-refractivity contribution is -0.0266. The Balaban J connectivity index is 1.73. The third kappa shape index (κ3) is 3.29. The average Bonchev–Trinajstić information content (AvgIpc) is 3.15. The molecule has 2 N–H and O–H groups in total. The summed E-state index contributed by atoms with van der Waals surface area (Å²) in [6.07, 6.45) is 1.55. The molecule has 1 fully saturated rings. The monoisotopic (exact) mass is 317 g/mol. The second kappa shape index (κ2) is 5.81. The van der Waals surface area contributed by atoms with Crippen LogP contribution >= 0.6 is 0 Å². The van der Waals surface area contributed by atoms with E-state index in [1.807, 2.05) is 13.0 Å². The summed E-state index contributed by atoms with van der Waals surface area (Å²) in [5, 5.41) is 7.14. The minimum absolute atomic E-state index is 0.0647. The van der Waals surface area contributed by atoms with Gasteiger partial charge in [-0.2, -0.15) is 5.10 Å². The van der Waals surface area contributed by atoms with Gasteiger partial charge in [0.05, 0.1) is 13.2 Å². The number of aromatic nitrogens is 4.